The van der Waals surface area contributed by atoms with Gasteiger partial charge in [0.05, 0.1) is 10.8 Å². The summed E-state index contributed by atoms with van der Waals surface area (Å²) in [7, 11) is -3.60. The van der Waals surface area contributed by atoms with Gasteiger partial charge in [-0.25, -0.2) is 8.42 Å². The van der Waals surface area contributed by atoms with Crippen LogP contribution < -0.4 is 0 Å². The van der Waals surface area contributed by atoms with Crippen molar-refractivity contribution in [1.29, 1.82) is 0 Å². The van der Waals surface area contributed by atoms with Crippen molar-refractivity contribution in [2.75, 3.05) is 13.1 Å². The maximum atomic E-state index is 13.1. The molecule has 1 aliphatic heterocycles. The summed E-state index contributed by atoms with van der Waals surface area (Å²) in [6.45, 7) is 0.532. The third-order valence-electron chi connectivity index (χ3n) is 5.26. The summed E-state index contributed by atoms with van der Waals surface area (Å²) in [5.41, 5.74) is 2.42. The topological polar surface area (TPSA) is 74.7 Å². The van der Waals surface area contributed by atoms with Gasteiger partial charge in [-0.1, -0.05) is 24.3 Å². The van der Waals surface area contributed by atoms with Crippen molar-refractivity contribution in [3.63, 3.8) is 0 Å². The van der Waals surface area contributed by atoms with E-state index in [1.165, 1.54) is 15.4 Å². The van der Waals surface area contributed by atoms with E-state index in [0.29, 0.717) is 17.7 Å². The van der Waals surface area contributed by atoms with Crippen molar-refractivity contribution in [2.45, 2.75) is 30.6 Å². The maximum Gasteiger partial charge on any atom is 0.306 e. The second kappa shape index (κ2) is 5.57. The molecule has 0 unspecified atom stereocenters. The summed E-state index contributed by atoms with van der Waals surface area (Å²) in [6, 6.07) is 9.50. The Morgan fingerprint density at radius 2 is 1.71 bits per heavy atom. The normalized spacial score (nSPS) is 19.0. The minimum absolute atomic E-state index is 0.266. The third-order valence-corrected chi connectivity index (χ3v) is 7.21. The molecule has 4 rings (SSSR count). The van der Waals surface area contributed by atoms with Crippen molar-refractivity contribution in [1.82, 2.24) is 4.31 Å². The maximum absolute atomic E-state index is 13.1. The van der Waals surface area contributed by atoms with Gasteiger partial charge in [0, 0.05) is 18.5 Å². The van der Waals surface area contributed by atoms with E-state index in [0.717, 1.165) is 23.6 Å². The highest BCUT2D eigenvalue weighted by Gasteiger charge is 2.33. The number of nitrogens with zero attached hydrogens (tertiary/aromatic N) is 1. The Hall–Kier alpha value is -1.92. The molecule has 0 radical (unpaired) electrons. The highest BCUT2D eigenvalue weighted by Crippen LogP contribution is 2.36. The van der Waals surface area contributed by atoms with Gasteiger partial charge in [-0.05, 0) is 48.3 Å². The molecule has 0 saturated carbocycles. The Kier molecular flexibility index (Phi) is 3.62. The highest BCUT2D eigenvalue weighted by molar-refractivity contribution is 7.89. The number of rotatable bonds is 3. The zero-order valence-electron chi connectivity index (χ0n) is 13.2. The van der Waals surface area contributed by atoms with E-state index in [-0.39, 0.29) is 13.1 Å². The van der Waals surface area contributed by atoms with E-state index < -0.39 is 21.9 Å². The summed E-state index contributed by atoms with van der Waals surface area (Å²) in [4.78, 5) is 11.4. The van der Waals surface area contributed by atoms with Crippen molar-refractivity contribution in [3.8, 4) is 0 Å². The molecule has 1 aliphatic carbocycles. The van der Waals surface area contributed by atoms with Crippen LogP contribution in [0.5, 0.6) is 0 Å². The van der Waals surface area contributed by atoms with Crippen LogP contribution >= 0.6 is 0 Å². The van der Waals surface area contributed by atoms with Gasteiger partial charge in [-0.15, -0.1) is 0 Å². The first-order valence-electron chi connectivity index (χ1n) is 8.25. The van der Waals surface area contributed by atoms with E-state index >= 15 is 0 Å². The van der Waals surface area contributed by atoms with Gasteiger partial charge in [0.1, 0.15) is 0 Å². The average molecular weight is 345 g/mol. The Morgan fingerprint density at radius 1 is 1.04 bits per heavy atom. The Labute approximate surface area is 140 Å². The minimum Gasteiger partial charge on any atom is -0.481 e. The molecule has 6 heteroatoms. The fourth-order valence-corrected chi connectivity index (χ4v) is 5.58. The predicted octanol–water partition coefficient (Wildman–Crippen LogP) is 2.42. The number of carboxylic acid groups (broad SMARTS) is 1. The molecule has 0 aromatic heterocycles. The van der Waals surface area contributed by atoms with Gasteiger partial charge in [0.25, 0.3) is 0 Å². The summed E-state index contributed by atoms with van der Waals surface area (Å²) >= 11 is 0. The first kappa shape index (κ1) is 15.6. The third kappa shape index (κ3) is 2.32. The molecule has 126 valence electrons. The molecule has 2 aromatic carbocycles. The number of carboxylic acids is 1. The minimum atomic E-state index is -3.60. The zero-order valence-corrected chi connectivity index (χ0v) is 14.1. The van der Waals surface area contributed by atoms with E-state index in [2.05, 4.69) is 6.07 Å². The molecule has 0 atom stereocenters. The van der Waals surface area contributed by atoms with E-state index in [1.807, 2.05) is 18.2 Å². The SMILES string of the molecule is O=C(O)C1CCN(S(=O)(=O)c2ccc3c4c(cccc24)CC3)CC1. The molecular weight excluding hydrogens is 326 g/mol. The number of hydrogen-bond acceptors (Lipinski definition) is 3. The summed E-state index contributed by atoms with van der Waals surface area (Å²) in [5, 5.41) is 11.0. The van der Waals surface area contributed by atoms with Crippen LogP contribution in [0.3, 0.4) is 0 Å². The lowest BCUT2D eigenvalue weighted by Crippen LogP contribution is -2.40. The van der Waals surface area contributed by atoms with Crippen LogP contribution in [0.25, 0.3) is 10.8 Å². The molecule has 0 spiro atoms. The number of carbonyl (C=O) groups is 1. The van der Waals surface area contributed by atoms with Crippen molar-refractivity contribution in [3.05, 3.63) is 41.5 Å². The van der Waals surface area contributed by atoms with Gasteiger partial charge < -0.3 is 5.11 Å². The molecule has 24 heavy (non-hydrogen) atoms. The Morgan fingerprint density at radius 3 is 2.38 bits per heavy atom. The number of hydrogen-bond donors (Lipinski definition) is 1. The van der Waals surface area contributed by atoms with Gasteiger partial charge in [-0.3, -0.25) is 4.79 Å². The number of aliphatic carboxylic acids is 1. The Bertz CT molecular complexity index is 917. The summed E-state index contributed by atoms with van der Waals surface area (Å²) in [5.74, 6) is -1.28. The van der Waals surface area contributed by atoms with Crippen LogP contribution in [0.2, 0.25) is 0 Å². The van der Waals surface area contributed by atoms with Crippen molar-refractivity contribution in [2.24, 2.45) is 5.92 Å². The zero-order chi connectivity index (χ0) is 16.9. The predicted molar refractivity (Wildman–Crippen MR) is 90.5 cm³/mol. The van der Waals surface area contributed by atoms with Crippen LogP contribution in [-0.2, 0) is 27.7 Å². The molecule has 2 aliphatic rings. The molecule has 1 fully saturated rings. The number of aryl methyl sites for hydroxylation is 2. The number of benzene rings is 2. The van der Waals surface area contributed by atoms with Crippen LogP contribution in [-0.4, -0.2) is 36.9 Å². The fraction of sp³-hybridized carbons (Fsp3) is 0.389. The second-order valence-corrected chi connectivity index (χ2v) is 8.49. The van der Waals surface area contributed by atoms with E-state index in [4.69, 9.17) is 5.11 Å². The van der Waals surface area contributed by atoms with Gasteiger partial charge >= 0.3 is 5.97 Å². The van der Waals surface area contributed by atoms with Crippen LogP contribution in [0.4, 0.5) is 0 Å². The lowest BCUT2D eigenvalue weighted by Gasteiger charge is -2.29. The first-order valence-corrected chi connectivity index (χ1v) is 9.69. The average Bonchev–Trinajstić information content (AvgIpc) is 3.00. The van der Waals surface area contributed by atoms with Gasteiger partial charge in [0.2, 0.25) is 10.0 Å². The van der Waals surface area contributed by atoms with E-state index in [9.17, 15) is 13.2 Å². The molecular formula is C18H19NO4S. The van der Waals surface area contributed by atoms with Crippen LogP contribution in [0, 0.1) is 5.92 Å². The largest absolute Gasteiger partial charge is 0.481 e. The lowest BCUT2D eigenvalue weighted by atomic mass is 9.99. The van der Waals surface area contributed by atoms with Gasteiger partial charge in [-0.2, -0.15) is 4.31 Å². The Balaban J connectivity index is 1.74. The molecule has 2 aromatic rings. The molecule has 5 nitrogen and oxygen atoms in total. The molecule has 0 amide bonds. The van der Waals surface area contributed by atoms with Crippen LogP contribution in [0.1, 0.15) is 24.0 Å². The van der Waals surface area contributed by atoms with Gasteiger partial charge in [0.15, 0.2) is 0 Å². The first-order chi connectivity index (χ1) is 11.5. The fourth-order valence-electron chi connectivity index (χ4n) is 3.93. The highest BCUT2D eigenvalue weighted by atomic mass is 32.2. The number of piperidine rings is 1. The molecule has 0 bridgehead atoms. The molecule has 1 saturated heterocycles. The lowest BCUT2D eigenvalue weighted by molar-refractivity contribution is -0.142. The standard InChI is InChI=1S/C18H19NO4S/c20-18(21)14-8-10-19(11-9-14)24(22,23)16-7-6-13-5-4-12-2-1-3-15(16)17(12)13/h1-3,6-7,14H,4-5,8-11H2,(H,20,21). The number of sulfonamides is 1. The van der Waals surface area contributed by atoms with Crippen molar-refractivity contribution >= 4 is 26.8 Å². The summed E-state index contributed by atoms with van der Waals surface area (Å²) in [6.07, 6.45) is 2.66. The van der Waals surface area contributed by atoms with E-state index in [1.54, 1.807) is 6.07 Å². The van der Waals surface area contributed by atoms with Crippen molar-refractivity contribution < 1.29 is 18.3 Å². The smallest absolute Gasteiger partial charge is 0.306 e. The summed E-state index contributed by atoms with van der Waals surface area (Å²) < 4.78 is 27.6. The van der Waals surface area contributed by atoms with Crippen LogP contribution in [0.15, 0.2) is 35.2 Å². The molecule has 1 N–H and O–H groups in total. The molecule has 1 heterocycles. The second-order valence-electron chi connectivity index (χ2n) is 6.58. The quantitative estimate of drug-likeness (QED) is 0.927. The monoisotopic (exact) mass is 345 g/mol.